The highest BCUT2D eigenvalue weighted by atomic mass is 32.1. The molecular weight excluding hydrogens is 421 g/mol. The maximum Gasteiger partial charge on any atom is 0.418 e. The molecule has 0 radical (unpaired) electrons. The van der Waals surface area contributed by atoms with E-state index in [-0.39, 0.29) is 18.0 Å². The van der Waals surface area contributed by atoms with Crippen LogP contribution in [-0.2, 0) is 19.1 Å². The van der Waals surface area contributed by atoms with E-state index in [9.17, 15) is 22.8 Å². The van der Waals surface area contributed by atoms with Crippen molar-refractivity contribution in [3.63, 3.8) is 0 Å². The lowest BCUT2D eigenvalue weighted by Crippen LogP contribution is -2.38. The zero-order valence-electron chi connectivity index (χ0n) is 15.3. The highest BCUT2D eigenvalue weighted by Crippen LogP contribution is 2.35. The Hall–Kier alpha value is -3.34. The molecule has 3 aromatic rings. The van der Waals surface area contributed by atoms with Crippen molar-refractivity contribution in [1.29, 1.82) is 0 Å². The number of hydrogen-bond donors (Lipinski definition) is 2. The molecule has 7 nitrogen and oxygen atoms in total. The summed E-state index contributed by atoms with van der Waals surface area (Å²) in [6, 6.07) is 7.30. The highest BCUT2D eigenvalue weighted by molar-refractivity contribution is 7.15. The zero-order valence-corrected chi connectivity index (χ0v) is 16.1. The lowest BCUT2D eigenvalue weighted by atomic mass is 10.1. The smallest absolute Gasteiger partial charge is 0.418 e. The Morgan fingerprint density at radius 2 is 1.93 bits per heavy atom. The van der Waals surface area contributed by atoms with E-state index >= 15 is 0 Å². The van der Waals surface area contributed by atoms with Gasteiger partial charge in [0.15, 0.2) is 10.9 Å². The van der Waals surface area contributed by atoms with E-state index in [0.29, 0.717) is 18.1 Å². The van der Waals surface area contributed by atoms with Gasteiger partial charge in [-0.3, -0.25) is 10.1 Å². The average molecular weight is 436 g/mol. The molecular formula is C19H15F3N4O3S. The van der Waals surface area contributed by atoms with E-state index in [1.54, 1.807) is 6.07 Å². The third-order valence-corrected chi connectivity index (χ3v) is 5.46. The fraction of sp³-hybridized carbons (Fsp3) is 0.211. The Morgan fingerprint density at radius 1 is 1.13 bits per heavy atom. The minimum absolute atomic E-state index is 0.146. The van der Waals surface area contributed by atoms with Crippen LogP contribution < -0.4 is 10.6 Å². The number of aromatic nitrogens is 1. The Kier molecular flexibility index (Phi) is 5.20. The topological polar surface area (TPSA) is 87.5 Å². The first-order chi connectivity index (χ1) is 14.3. The van der Waals surface area contributed by atoms with Crippen molar-refractivity contribution in [3.8, 4) is 0 Å². The number of amides is 3. The van der Waals surface area contributed by atoms with Crippen LogP contribution in [0.5, 0.6) is 0 Å². The molecule has 156 valence electrons. The van der Waals surface area contributed by atoms with Crippen LogP contribution in [0.1, 0.15) is 26.7 Å². The summed E-state index contributed by atoms with van der Waals surface area (Å²) in [6.07, 6.45) is -2.76. The van der Waals surface area contributed by atoms with Crippen molar-refractivity contribution in [1.82, 2.24) is 9.88 Å². The lowest BCUT2D eigenvalue weighted by Gasteiger charge is -2.26. The maximum atomic E-state index is 13.1. The quantitative estimate of drug-likeness (QED) is 0.628. The molecule has 30 heavy (non-hydrogen) atoms. The van der Waals surface area contributed by atoms with Crippen molar-refractivity contribution in [2.45, 2.75) is 19.1 Å². The van der Waals surface area contributed by atoms with Crippen LogP contribution in [0.2, 0.25) is 0 Å². The molecule has 0 bridgehead atoms. The minimum atomic E-state index is -4.57. The van der Waals surface area contributed by atoms with Crippen LogP contribution in [0.4, 0.5) is 28.8 Å². The number of benzene rings is 1. The summed E-state index contributed by atoms with van der Waals surface area (Å²) in [5.41, 5.74) is -0.456. The molecule has 0 unspecified atom stereocenters. The summed E-state index contributed by atoms with van der Waals surface area (Å²) in [6.45, 7) is 0.478. The molecule has 1 aliphatic rings. The Bertz CT molecular complexity index is 1080. The molecule has 0 aliphatic carbocycles. The Balaban J connectivity index is 1.44. The van der Waals surface area contributed by atoms with Gasteiger partial charge in [0.1, 0.15) is 0 Å². The van der Waals surface area contributed by atoms with Gasteiger partial charge in [0.25, 0.3) is 5.91 Å². The second-order valence-corrected chi connectivity index (χ2v) is 7.55. The second kappa shape index (κ2) is 7.82. The average Bonchev–Trinajstić information content (AvgIpc) is 3.36. The van der Waals surface area contributed by atoms with Crippen LogP contribution in [0.3, 0.4) is 0 Å². The van der Waals surface area contributed by atoms with Gasteiger partial charge in [-0.25, -0.2) is 9.78 Å². The summed E-state index contributed by atoms with van der Waals surface area (Å²) in [4.78, 5) is 31.1. The molecule has 0 fully saturated rings. The highest BCUT2D eigenvalue weighted by Gasteiger charge is 2.34. The fourth-order valence-corrected chi connectivity index (χ4v) is 4.04. The van der Waals surface area contributed by atoms with Crippen LogP contribution in [0.25, 0.3) is 0 Å². The van der Waals surface area contributed by atoms with Gasteiger partial charge in [0.05, 0.1) is 29.8 Å². The molecule has 0 saturated carbocycles. The van der Waals surface area contributed by atoms with Crippen LogP contribution >= 0.6 is 11.3 Å². The van der Waals surface area contributed by atoms with Gasteiger partial charge >= 0.3 is 12.2 Å². The zero-order chi connectivity index (χ0) is 21.3. The first kappa shape index (κ1) is 20.0. The number of alkyl halides is 3. The number of nitrogens with zero attached hydrogens (tertiary/aromatic N) is 2. The van der Waals surface area contributed by atoms with Gasteiger partial charge in [-0.05, 0) is 24.3 Å². The number of thiazole rings is 1. The third-order valence-electron chi connectivity index (χ3n) is 4.46. The molecule has 3 heterocycles. The predicted octanol–water partition coefficient (Wildman–Crippen LogP) is 4.60. The van der Waals surface area contributed by atoms with Crippen molar-refractivity contribution in [2.24, 2.45) is 0 Å². The first-order valence-electron chi connectivity index (χ1n) is 8.87. The van der Waals surface area contributed by atoms with Gasteiger partial charge < -0.3 is 14.6 Å². The largest absolute Gasteiger partial charge is 0.459 e. The number of nitrogens with one attached hydrogen (secondary N) is 2. The maximum absolute atomic E-state index is 13.1. The van der Waals surface area contributed by atoms with E-state index in [2.05, 4.69) is 15.6 Å². The Morgan fingerprint density at radius 3 is 2.67 bits per heavy atom. The summed E-state index contributed by atoms with van der Waals surface area (Å²) in [5.74, 6) is -0.294. The van der Waals surface area contributed by atoms with E-state index in [1.165, 1.54) is 46.8 Å². The molecule has 3 amide bonds. The van der Waals surface area contributed by atoms with Gasteiger partial charge in [-0.15, -0.1) is 0 Å². The standard InChI is InChI=1S/C19H15F3N4O3S/c20-19(21,22)11-4-1-2-5-12(11)24-18(28)26-8-7-13-15(10-26)30-17(23-13)25-16(27)14-6-3-9-29-14/h1-6,9H,7-8,10H2,(H,24,28)(H,23,25,27). The number of para-hydroxylation sites is 1. The molecule has 1 aromatic carbocycles. The summed E-state index contributed by atoms with van der Waals surface area (Å²) in [7, 11) is 0. The normalized spacial score (nSPS) is 13.6. The van der Waals surface area contributed by atoms with E-state index in [1.807, 2.05) is 0 Å². The molecule has 1 aliphatic heterocycles. The van der Waals surface area contributed by atoms with Gasteiger partial charge in [0, 0.05) is 17.8 Å². The minimum Gasteiger partial charge on any atom is -0.459 e. The van der Waals surface area contributed by atoms with Gasteiger partial charge in [0.2, 0.25) is 0 Å². The molecule has 0 saturated heterocycles. The van der Waals surface area contributed by atoms with Crippen LogP contribution in [0.15, 0.2) is 47.1 Å². The number of hydrogen-bond acceptors (Lipinski definition) is 5. The van der Waals surface area contributed by atoms with Crippen molar-refractivity contribution in [2.75, 3.05) is 17.2 Å². The summed E-state index contributed by atoms with van der Waals surface area (Å²) >= 11 is 1.21. The molecule has 0 spiro atoms. The number of carbonyl (C=O) groups is 2. The molecule has 11 heteroatoms. The predicted molar refractivity (Wildman–Crippen MR) is 103 cm³/mol. The molecule has 4 rings (SSSR count). The van der Waals surface area contributed by atoms with Crippen molar-refractivity contribution >= 4 is 34.1 Å². The van der Waals surface area contributed by atoms with Crippen LogP contribution in [0, 0.1) is 0 Å². The van der Waals surface area contributed by atoms with Crippen LogP contribution in [-0.4, -0.2) is 28.4 Å². The molecule has 0 atom stereocenters. The fourth-order valence-electron chi connectivity index (χ4n) is 3.02. The van der Waals surface area contributed by atoms with Gasteiger partial charge in [-0.2, -0.15) is 13.2 Å². The third kappa shape index (κ3) is 4.15. The van der Waals surface area contributed by atoms with E-state index in [4.69, 9.17) is 4.42 Å². The van der Waals surface area contributed by atoms with E-state index < -0.39 is 23.7 Å². The number of urea groups is 1. The number of carbonyl (C=O) groups excluding carboxylic acids is 2. The summed E-state index contributed by atoms with van der Waals surface area (Å²) < 4.78 is 44.4. The number of halogens is 3. The van der Waals surface area contributed by atoms with Crippen molar-refractivity contribution in [3.05, 3.63) is 64.6 Å². The monoisotopic (exact) mass is 436 g/mol. The molecule has 2 aromatic heterocycles. The Labute approximate surface area is 172 Å². The van der Waals surface area contributed by atoms with Crippen molar-refractivity contribution < 1.29 is 27.2 Å². The number of rotatable bonds is 3. The number of anilines is 2. The SMILES string of the molecule is O=C(Nc1nc2c(s1)CN(C(=O)Nc1ccccc1C(F)(F)F)CC2)c1ccco1. The van der Waals surface area contributed by atoms with E-state index in [0.717, 1.165) is 16.6 Å². The summed E-state index contributed by atoms with van der Waals surface area (Å²) in [5, 5.41) is 5.35. The van der Waals surface area contributed by atoms with Gasteiger partial charge in [-0.1, -0.05) is 23.5 Å². The first-order valence-corrected chi connectivity index (χ1v) is 9.68. The second-order valence-electron chi connectivity index (χ2n) is 6.47. The number of furan rings is 1. The number of fused-ring (bicyclic) bond motifs is 1. The lowest BCUT2D eigenvalue weighted by molar-refractivity contribution is -0.136. The molecule has 2 N–H and O–H groups in total.